The van der Waals surface area contributed by atoms with Crippen LogP contribution in [0.2, 0.25) is 0 Å². The van der Waals surface area contributed by atoms with Crippen LogP contribution < -0.4 is 4.72 Å². The molecule has 0 saturated heterocycles. The van der Waals surface area contributed by atoms with Gasteiger partial charge in [0.25, 0.3) is 0 Å². The lowest BCUT2D eigenvalue weighted by atomic mass is 10.1. The SMILES string of the molecule is Cc1ccc(S(=O)(=O)NC(C)c2cccnc2)cc1CO. The van der Waals surface area contributed by atoms with Gasteiger partial charge < -0.3 is 5.11 Å². The van der Waals surface area contributed by atoms with Crippen LogP contribution in [0.4, 0.5) is 0 Å². The summed E-state index contributed by atoms with van der Waals surface area (Å²) in [5, 5.41) is 9.25. The van der Waals surface area contributed by atoms with E-state index in [9.17, 15) is 13.5 Å². The van der Waals surface area contributed by atoms with Crippen molar-refractivity contribution in [3.05, 3.63) is 59.4 Å². The van der Waals surface area contributed by atoms with Crippen molar-refractivity contribution in [3.8, 4) is 0 Å². The van der Waals surface area contributed by atoms with Crippen LogP contribution in [-0.4, -0.2) is 18.5 Å². The number of aromatic nitrogens is 1. The first kappa shape index (κ1) is 15.6. The second-order valence-electron chi connectivity index (χ2n) is 4.88. The summed E-state index contributed by atoms with van der Waals surface area (Å²) in [6, 6.07) is 7.90. The molecule has 1 atom stereocenters. The molecule has 0 amide bonds. The number of nitrogens with zero attached hydrogens (tertiary/aromatic N) is 1. The highest BCUT2D eigenvalue weighted by molar-refractivity contribution is 7.89. The smallest absolute Gasteiger partial charge is 0.241 e. The van der Waals surface area contributed by atoms with E-state index in [0.717, 1.165) is 11.1 Å². The van der Waals surface area contributed by atoms with Crippen LogP contribution in [-0.2, 0) is 16.6 Å². The molecule has 2 aromatic rings. The highest BCUT2D eigenvalue weighted by Crippen LogP contribution is 2.19. The van der Waals surface area contributed by atoms with E-state index in [1.54, 1.807) is 31.5 Å². The molecular formula is C15H18N2O3S. The van der Waals surface area contributed by atoms with Gasteiger partial charge in [0.2, 0.25) is 10.0 Å². The second kappa shape index (κ2) is 6.34. The number of hydrogen-bond donors (Lipinski definition) is 2. The maximum Gasteiger partial charge on any atom is 0.241 e. The molecular weight excluding hydrogens is 288 g/mol. The molecule has 2 N–H and O–H groups in total. The normalized spacial score (nSPS) is 13.1. The van der Waals surface area contributed by atoms with Gasteiger partial charge in [-0.2, -0.15) is 0 Å². The van der Waals surface area contributed by atoms with Gasteiger partial charge in [0, 0.05) is 18.4 Å². The molecule has 0 fully saturated rings. The van der Waals surface area contributed by atoms with Crippen LogP contribution in [0.15, 0.2) is 47.6 Å². The molecule has 0 bridgehead atoms. The Morgan fingerprint density at radius 2 is 2.10 bits per heavy atom. The van der Waals surface area contributed by atoms with E-state index < -0.39 is 10.0 Å². The molecule has 5 nitrogen and oxygen atoms in total. The molecule has 1 aromatic carbocycles. The van der Waals surface area contributed by atoms with Crippen LogP contribution in [0.1, 0.15) is 29.7 Å². The van der Waals surface area contributed by atoms with Crippen molar-refractivity contribution in [1.82, 2.24) is 9.71 Å². The maximum absolute atomic E-state index is 12.4. The molecule has 0 aliphatic rings. The van der Waals surface area contributed by atoms with Gasteiger partial charge in [-0.15, -0.1) is 0 Å². The van der Waals surface area contributed by atoms with E-state index >= 15 is 0 Å². The maximum atomic E-state index is 12.4. The van der Waals surface area contributed by atoms with Crippen molar-refractivity contribution in [1.29, 1.82) is 0 Å². The third-order valence-electron chi connectivity index (χ3n) is 3.32. The standard InChI is InChI=1S/C15H18N2O3S/c1-11-5-6-15(8-14(11)10-18)21(19,20)17-12(2)13-4-3-7-16-9-13/h3-9,12,17-18H,10H2,1-2H3. The van der Waals surface area contributed by atoms with E-state index in [2.05, 4.69) is 9.71 Å². The van der Waals surface area contributed by atoms with Gasteiger partial charge in [-0.1, -0.05) is 12.1 Å². The molecule has 0 radical (unpaired) electrons. The summed E-state index contributed by atoms with van der Waals surface area (Å²) in [7, 11) is -3.65. The van der Waals surface area contributed by atoms with Crippen molar-refractivity contribution >= 4 is 10.0 Å². The minimum absolute atomic E-state index is 0.146. The van der Waals surface area contributed by atoms with Gasteiger partial charge in [0.1, 0.15) is 0 Å². The van der Waals surface area contributed by atoms with Gasteiger partial charge in [0.05, 0.1) is 11.5 Å². The van der Waals surface area contributed by atoms with Crippen molar-refractivity contribution < 1.29 is 13.5 Å². The Balaban J connectivity index is 2.26. The zero-order chi connectivity index (χ0) is 15.5. The molecule has 0 aliphatic heterocycles. The summed E-state index contributed by atoms with van der Waals surface area (Å²) in [4.78, 5) is 4.13. The minimum Gasteiger partial charge on any atom is -0.392 e. The Hall–Kier alpha value is -1.76. The fourth-order valence-corrected chi connectivity index (χ4v) is 3.27. The number of pyridine rings is 1. The first-order valence-electron chi connectivity index (χ1n) is 6.56. The first-order chi connectivity index (χ1) is 9.94. The molecule has 21 heavy (non-hydrogen) atoms. The van der Waals surface area contributed by atoms with E-state index in [-0.39, 0.29) is 17.5 Å². The highest BCUT2D eigenvalue weighted by atomic mass is 32.2. The number of rotatable bonds is 5. The Morgan fingerprint density at radius 1 is 1.33 bits per heavy atom. The number of hydrogen-bond acceptors (Lipinski definition) is 4. The predicted molar refractivity (Wildman–Crippen MR) is 80.1 cm³/mol. The molecule has 6 heteroatoms. The molecule has 112 valence electrons. The lowest BCUT2D eigenvalue weighted by Gasteiger charge is -2.15. The lowest BCUT2D eigenvalue weighted by molar-refractivity contribution is 0.280. The number of aliphatic hydroxyl groups excluding tert-OH is 1. The van der Waals surface area contributed by atoms with Gasteiger partial charge >= 0.3 is 0 Å². The fourth-order valence-electron chi connectivity index (χ4n) is 1.99. The second-order valence-corrected chi connectivity index (χ2v) is 6.59. The number of aliphatic hydroxyl groups is 1. The third-order valence-corrected chi connectivity index (χ3v) is 4.86. The summed E-state index contributed by atoms with van der Waals surface area (Å²) in [6.07, 6.45) is 3.26. The highest BCUT2D eigenvalue weighted by Gasteiger charge is 2.19. The number of sulfonamides is 1. The molecule has 0 spiro atoms. The van der Waals surface area contributed by atoms with E-state index in [1.807, 2.05) is 13.0 Å². The topological polar surface area (TPSA) is 79.3 Å². The summed E-state index contributed by atoms with van der Waals surface area (Å²) >= 11 is 0. The molecule has 0 saturated carbocycles. The van der Waals surface area contributed by atoms with Crippen LogP contribution in [0.25, 0.3) is 0 Å². The third kappa shape index (κ3) is 3.66. The number of nitrogens with one attached hydrogen (secondary N) is 1. The average molecular weight is 306 g/mol. The van der Waals surface area contributed by atoms with Crippen LogP contribution in [0.5, 0.6) is 0 Å². The number of aryl methyl sites for hydroxylation is 1. The molecule has 1 heterocycles. The Kier molecular flexibility index (Phi) is 4.72. The van der Waals surface area contributed by atoms with Crippen LogP contribution in [0, 0.1) is 6.92 Å². The molecule has 1 aromatic heterocycles. The molecule has 0 aliphatic carbocycles. The van der Waals surface area contributed by atoms with Crippen molar-refractivity contribution in [2.24, 2.45) is 0 Å². The molecule has 2 rings (SSSR count). The summed E-state index contributed by atoms with van der Waals surface area (Å²) < 4.78 is 27.4. The van der Waals surface area contributed by atoms with Gasteiger partial charge in [-0.05, 0) is 48.7 Å². The van der Waals surface area contributed by atoms with Crippen LogP contribution >= 0.6 is 0 Å². The predicted octanol–water partition coefficient (Wildman–Crippen LogP) is 1.92. The zero-order valence-corrected chi connectivity index (χ0v) is 12.8. The van der Waals surface area contributed by atoms with Crippen molar-refractivity contribution in [2.45, 2.75) is 31.4 Å². The molecule has 1 unspecified atom stereocenters. The first-order valence-corrected chi connectivity index (χ1v) is 8.05. The Morgan fingerprint density at radius 3 is 2.71 bits per heavy atom. The number of benzene rings is 1. The monoisotopic (exact) mass is 306 g/mol. The van der Waals surface area contributed by atoms with Gasteiger partial charge in [0.15, 0.2) is 0 Å². The quantitative estimate of drug-likeness (QED) is 0.884. The van der Waals surface area contributed by atoms with Crippen molar-refractivity contribution in [2.75, 3.05) is 0 Å². The largest absolute Gasteiger partial charge is 0.392 e. The summed E-state index contributed by atoms with van der Waals surface area (Å²) in [5.41, 5.74) is 2.25. The Bertz CT molecular complexity index is 715. The summed E-state index contributed by atoms with van der Waals surface area (Å²) in [5.74, 6) is 0. The summed E-state index contributed by atoms with van der Waals surface area (Å²) in [6.45, 7) is 3.40. The minimum atomic E-state index is -3.65. The van der Waals surface area contributed by atoms with E-state index in [4.69, 9.17) is 0 Å². The van der Waals surface area contributed by atoms with E-state index in [0.29, 0.717) is 5.56 Å². The average Bonchev–Trinajstić information content (AvgIpc) is 2.48. The zero-order valence-electron chi connectivity index (χ0n) is 11.9. The van der Waals surface area contributed by atoms with Gasteiger partial charge in [-0.3, -0.25) is 4.98 Å². The Labute approximate surface area is 124 Å². The fraction of sp³-hybridized carbons (Fsp3) is 0.267. The lowest BCUT2D eigenvalue weighted by Crippen LogP contribution is -2.27. The van der Waals surface area contributed by atoms with Crippen molar-refractivity contribution in [3.63, 3.8) is 0 Å². The van der Waals surface area contributed by atoms with E-state index in [1.165, 1.54) is 12.1 Å². The van der Waals surface area contributed by atoms with Gasteiger partial charge in [-0.25, -0.2) is 13.1 Å². The van der Waals surface area contributed by atoms with Crippen LogP contribution in [0.3, 0.4) is 0 Å².